The van der Waals surface area contributed by atoms with E-state index in [9.17, 15) is 5.11 Å². The number of piperidine rings is 1. The minimum Gasteiger partial charge on any atom is -0.385 e. The lowest BCUT2D eigenvalue weighted by molar-refractivity contribution is -0.0906. The molecule has 0 unspecified atom stereocenters. The summed E-state index contributed by atoms with van der Waals surface area (Å²) in [7, 11) is 0. The smallest absolute Gasteiger partial charge is 0.0948 e. The van der Waals surface area contributed by atoms with E-state index in [1.54, 1.807) is 0 Å². The quantitative estimate of drug-likeness (QED) is 0.898. The van der Waals surface area contributed by atoms with Gasteiger partial charge in [0.2, 0.25) is 0 Å². The van der Waals surface area contributed by atoms with Crippen LogP contribution in [0.4, 0.5) is 0 Å². The van der Waals surface area contributed by atoms with E-state index < -0.39 is 5.60 Å². The summed E-state index contributed by atoms with van der Waals surface area (Å²) in [4.78, 5) is 2.53. The van der Waals surface area contributed by atoms with Gasteiger partial charge in [-0.05, 0) is 31.9 Å². The van der Waals surface area contributed by atoms with Crippen molar-refractivity contribution in [2.24, 2.45) is 5.92 Å². The summed E-state index contributed by atoms with van der Waals surface area (Å²) in [5.74, 6) is 0.281. The molecule has 1 heterocycles. The lowest BCUT2D eigenvalue weighted by Gasteiger charge is -2.47. The van der Waals surface area contributed by atoms with Gasteiger partial charge in [0.1, 0.15) is 0 Å². The third kappa shape index (κ3) is 3.01. The van der Waals surface area contributed by atoms with Gasteiger partial charge in [0.25, 0.3) is 0 Å². The van der Waals surface area contributed by atoms with Crippen molar-refractivity contribution in [3.05, 3.63) is 35.9 Å². The molecule has 106 valence electrons. The zero-order valence-electron chi connectivity index (χ0n) is 12.5. The Kier molecular flexibility index (Phi) is 4.64. The average molecular weight is 261 g/mol. The standard InChI is InChI=1S/C17H27NO/c1-4-5-11-18-13-14(2)17(19,12-15(18)3)16-9-7-6-8-10-16/h6-10,14-15,19H,4-5,11-13H2,1-3H3/t14-,15-,17+/m0/s1. The van der Waals surface area contributed by atoms with E-state index in [2.05, 4.69) is 37.8 Å². The Hall–Kier alpha value is -0.860. The number of rotatable bonds is 4. The minimum atomic E-state index is -0.663. The van der Waals surface area contributed by atoms with Crippen molar-refractivity contribution in [1.82, 2.24) is 4.90 Å². The summed E-state index contributed by atoms with van der Waals surface area (Å²) in [5, 5.41) is 11.1. The summed E-state index contributed by atoms with van der Waals surface area (Å²) in [5.41, 5.74) is 0.410. The van der Waals surface area contributed by atoms with Crippen LogP contribution in [-0.2, 0) is 5.60 Å². The van der Waals surface area contributed by atoms with Crippen LogP contribution in [0.2, 0.25) is 0 Å². The van der Waals surface area contributed by atoms with Crippen LogP contribution < -0.4 is 0 Å². The van der Waals surface area contributed by atoms with E-state index in [1.807, 2.05) is 18.2 Å². The van der Waals surface area contributed by atoms with Gasteiger partial charge >= 0.3 is 0 Å². The molecule has 3 atom stereocenters. The Morgan fingerprint density at radius 1 is 1.26 bits per heavy atom. The molecule has 2 rings (SSSR count). The summed E-state index contributed by atoms with van der Waals surface area (Å²) in [6.45, 7) is 8.81. The average Bonchev–Trinajstić information content (AvgIpc) is 2.42. The summed E-state index contributed by atoms with van der Waals surface area (Å²) in [6, 6.07) is 10.6. The number of hydrogen-bond donors (Lipinski definition) is 1. The molecule has 19 heavy (non-hydrogen) atoms. The first-order chi connectivity index (χ1) is 9.08. The van der Waals surface area contributed by atoms with Crippen LogP contribution in [0.1, 0.15) is 45.6 Å². The number of aliphatic hydroxyl groups is 1. The molecule has 0 amide bonds. The van der Waals surface area contributed by atoms with Crippen molar-refractivity contribution >= 4 is 0 Å². The summed E-state index contributed by atoms with van der Waals surface area (Å²) in [6.07, 6.45) is 3.32. The van der Waals surface area contributed by atoms with Gasteiger partial charge in [-0.3, -0.25) is 0 Å². The highest BCUT2D eigenvalue weighted by molar-refractivity contribution is 5.24. The molecular formula is C17H27NO. The van der Waals surface area contributed by atoms with Crippen molar-refractivity contribution in [1.29, 1.82) is 0 Å². The first-order valence-corrected chi connectivity index (χ1v) is 7.60. The van der Waals surface area contributed by atoms with E-state index in [0.29, 0.717) is 6.04 Å². The number of benzene rings is 1. The molecule has 1 aliphatic rings. The third-order valence-corrected chi connectivity index (χ3v) is 4.63. The Morgan fingerprint density at radius 2 is 1.95 bits per heavy atom. The van der Waals surface area contributed by atoms with Gasteiger partial charge in [-0.2, -0.15) is 0 Å². The second-order valence-corrected chi connectivity index (χ2v) is 6.09. The zero-order valence-corrected chi connectivity index (χ0v) is 12.5. The van der Waals surface area contributed by atoms with E-state index in [-0.39, 0.29) is 5.92 Å². The van der Waals surface area contributed by atoms with Gasteiger partial charge in [0.05, 0.1) is 5.60 Å². The third-order valence-electron chi connectivity index (χ3n) is 4.63. The maximum atomic E-state index is 11.1. The lowest BCUT2D eigenvalue weighted by Crippen LogP contribution is -2.53. The molecule has 2 heteroatoms. The highest BCUT2D eigenvalue weighted by Gasteiger charge is 2.42. The molecule has 0 spiro atoms. The highest BCUT2D eigenvalue weighted by atomic mass is 16.3. The van der Waals surface area contributed by atoms with Crippen LogP contribution in [-0.4, -0.2) is 29.1 Å². The number of likely N-dealkylation sites (tertiary alicyclic amines) is 1. The van der Waals surface area contributed by atoms with E-state index in [4.69, 9.17) is 0 Å². The number of nitrogens with zero attached hydrogens (tertiary/aromatic N) is 1. The molecule has 1 fully saturated rings. The van der Waals surface area contributed by atoms with Crippen LogP contribution in [0.3, 0.4) is 0 Å². The molecule has 1 saturated heterocycles. The minimum absolute atomic E-state index is 0.281. The first-order valence-electron chi connectivity index (χ1n) is 7.60. The van der Waals surface area contributed by atoms with Crippen molar-refractivity contribution in [3.63, 3.8) is 0 Å². The van der Waals surface area contributed by atoms with E-state index in [1.165, 1.54) is 12.8 Å². The summed E-state index contributed by atoms with van der Waals surface area (Å²) < 4.78 is 0. The van der Waals surface area contributed by atoms with Gasteiger partial charge in [0, 0.05) is 18.5 Å². The lowest BCUT2D eigenvalue weighted by atomic mass is 9.74. The largest absolute Gasteiger partial charge is 0.385 e. The van der Waals surface area contributed by atoms with Gasteiger partial charge in [-0.15, -0.1) is 0 Å². The van der Waals surface area contributed by atoms with Gasteiger partial charge in [-0.25, -0.2) is 0 Å². The van der Waals surface area contributed by atoms with Crippen LogP contribution in [0.15, 0.2) is 30.3 Å². The monoisotopic (exact) mass is 261 g/mol. The van der Waals surface area contributed by atoms with Crippen LogP contribution >= 0.6 is 0 Å². The fourth-order valence-electron chi connectivity index (χ4n) is 3.27. The second kappa shape index (κ2) is 6.06. The topological polar surface area (TPSA) is 23.5 Å². The number of unbranched alkanes of at least 4 members (excludes halogenated alkanes) is 1. The molecule has 1 aliphatic heterocycles. The SMILES string of the molecule is CCCCN1C[C@H](C)[C@@](O)(c2ccccc2)C[C@@H]1C. The van der Waals surface area contributed by atoms with Crippen molar-refractivity contribution in [2.75, 3.05) is 13.1 Å². The fourth-order valence-corrected chi connectivity index (χ4v) is 3.27. The molecule has 1 N–H and O–H groups in total. The zero-order chi connectivity index (χ0) is 13.9. The van der Waals surface area contributed by atoms with E-state index >= 15 is 0 Å². The molecular weight excluding hydrogens is 234 g/mol. The number of hydrogen-bond acceptors (Lipinski definition) is 2. The van der Waals surface area contributed by atoms with Crippen molar-refractivity contribution in [2.45, 2.75) is 51.7 Å². The molecule has 0 radical (unpaired) electrons. The fraction of sp³-hybridized carbons (Fsp3) is 0.647. The Labute approximate surface area is 117 Å². The molecule has 0 saturated carbocycles. The van der Waals surface area contributed by atoms with Gasteiger partial charge in [0.15, 0.2) is 0 Å². The van der Waals surface area contributed by atoms with Crippen LogP contribution in [0, 0.1) is 5.92 Å². The van der Waals surface area contributed by atoms with E-state index in [0.717, 1.165) is 25.1 Å². The molecule has 0 bridgehead atoms. The maximum absolute atomic E-state index is 11.1. The van der Waals surface area contributed by atoms with Crippen LogP contribution in [0.5, 0.6) is 0 Å². The van der Waals surface area contributed by atoms with Crippen LogP contribution in [0.25, 0.3) is 0 Å². The Balaban J connectivity index is 2.13. The second-order valence-electron chi connectivity index (χ2n) is 6.09. The Morgan fingerprint density at radius 3 is 2.58 bits per heavy atom. The first kappa shape index (κ1) is 14.5. The van der Waals surface area contributed by atoms with Gasteiger partial charge < -0.3 is 10.0 Å². The van der Waals surface area contributed by atoms with Gasteiger partial charge in [-0.1, -0.05) is 50.6 Å². The Bertz CT molecular complexity index is 392. The van der Waals surface area contributed by atoms with Crippen molar-refractivity contribution < 1.29 is 5.11 Å². The molecule has 0 aliphatic carbocycles. The summed E-state index contributed by atoms with van der Waals surface area (Å²) >= 11 is 0. The highest BCUT2D eigenvalue weighted by Crippen LogP contribution is 2.39. The maximum Gasteiger partial charge on any atom is 0.0948 e. The predicted molar refractivity (Wildman–Crippen MR) is 80.1 cm³/mol. The molecule has 0 aromatic heterocycles. The molecule has 1 aromatic rings. The molecule has 2 nitrogen and oxygen atoms in total. The molecule has 1 aromatic carbocycles. The normalized spacial score (nSPS) is 32.4. The van der Waals surface area contributed by atoms with Crippen molar-refractivity contribution in [3.8, 4) is 0 Å². The predicted octanol–water partition coefficient (Wildman–Crippen LogP) is 3.40.